The lowest BCUT2D eigenvalue weighted by molar-refractivity contribution is -0.131. The first-order valence-electron chi connectivity index (χ1n) is 5.32. The highest BCUT2D eigenvalue weighted by Crippen LogP contribution is 2.17. The maximum absolute atomic E-state index is 10.6. The molecule has 1 atom stereocenters. The van der Waals surface area contributed by atoms with E-state index in [0.717, 1.165) is 0 Å². The van der Waals surface area contributed by atoms with Gasteiger partial charge in [0.25, 0.3) is 0 Å². The third-order valence-electron chi connectivity index (χ3n) is 1.79. The van der Waals surface area contributed by atoms with Crippen molar-refractivity contribution in [2.24, 2.45) is 5.73 Å². The zero-order valence-electron chi connectivity index (χ0n) is 10.3. The van der Waals surface area contributed by atoms with E-state index in [0.29, 0.717) is 6.42 Å². The number of hydrogen-bond acceptors (Lipinski definition) is 5. The Hall–Kier alpha value is -1.92. The molecule has 0 fully saturated rings. The molecule has 6 nitrogen and oxygen atoms in total. The van der Waals surface area contributed by atoms with Crippen molar-refractivity contribution in [2.75, 3.05) is 0 Å². The maximum atomic E-state index is 10.6. The van der Waals surface area contributed by atoms with Crippen LogP contribution in [0.4, 0.5) is 0 Å². The van der Waals surface area contributed by atoms with E-state index in [1.165, 1.54) is 19.1 Å². The molecule has 100 valence electrons. The molecule has 0 saturated heterocycles. The second kappa shape index (κ2) is 8.21. The number of hydrogen-bond donors (Lipinski definition) is 3. The molecule has 1 aromatic carbocycles. The summed E-state index contributed by atoms with van der Waals surface area (Å²) in [7, 11) is 0. The van der Waals surface area contributed by atoms with Crippen molar-refractivity contribution in [1.82, 2.24) is 0 Å². The van der Waals surface area contributed by atoms with Gasteiger partial charge in [0.1, 0.15) is 17.5 Å². The Bertz CT molecular complexity index is 403. The molecule has 0 spiro atoms. The van der Waals surface area contributed by atoms with E-state index in [9.17, 15) is 9.59 Å². The molecule has 0 aromatic heterocycles. The summed E-state index contributed by atoms with van der Waals surface area (Å²) >= 11 is 0. The topological polar surface area (TPSA) is 110 Å². The molecular formula is C12H17NO5. The molecule has 4 N–H and O–H groups in total. The Balaban J connectivity index is 0.000000494. The summed E-state index contributed by atoms with van der Waals surface area (Å²) in [5, 5.41) is 16.8. The Morgan fingerprint density at radius 2 is 1.89 bits per heavy atom. The van der Waals surface area contributed by atoms with Crippen molar-refractivity contribution in [3.8, 4) is 5.75 Å². The van der Waals surface area contributed by atoms with E-state index in [2.05, 4.69) is 4.74 Å². The second-order valence-corrected chi connectivity index (χ2v) is 3.37. The molecule has 0 aliphatic carbocycles. The molecule has 0 aliphatic heterocycles. The van der Waals surface area contributed by atoms with Gasteiger partial charge in [0, 0.05) is 6.92 Å². The fourth-order valence-corrected chi connectivity index (χ4v) is 0.887. The molecule has 0 heterocycles. The number of aromatic carboxylic acids is 1. The van der Waals surface area contributed by atoms with Crippen molar-refractivity contribution in [2.45, 2.75) is 26.5 Å². The highest BCUT2D eigenvalue weighted by atomic mass is 16.5. The number of carbonyl (C=O) groups is 2. The number of rotatable bonds is 3. The third kappa shape index (κ3) is 6.62. The summed E-state index contributed by atoms with van der Waals surface area (Å²) in [6.45, 7) is 3.04. The normalized spacial score (nSPS) is 10.9. The lowest BCUT2D eigenvalue weighted by atomic mass is 10.2. The van der Waals surface area contributed by atoms with Gasteiger partial charge in [0.15, 0.2) is 0 Å². The van der Waals surface area contributed by atoms with Gasteiger partial charge in [0.05, 0.1) is 0 Å². The molecular weight excluding hydrogens is 238 g/mol. The van der Waals surface area contributed by atoms with Crippen LogP contribution in [-0.4, -0.2) is 28.4 Å². The molecule has 6 heteroatoms. The summed E-state index contributed by atoms with van der Waals surface area (Å²) in [6, 6.07) is 5.98. The molecule has 1 aromatic rings. The van der Waals surface area contributed by atoms with Crippen LogP contribution in [0.5, 0.6) is 5.75 Å². The number of aliphatic hydroxyl groups excluding tert-OH is 1. The zero-order valence-corrected chi connectivity index (χ0v) is 10.3. The number of carboxylic acid groups (broad SMARTS) is 1. The van der Waals surface area contributed by atoms with Gasteiger partial charge in [-0.15, -0.1) is 0 Å². The number of aliphatic hydroxyl groups is 1. The average Bonchev–Trinajstić information content (AvgIpc) is 2.29. The number of carbonyl (C=O) groups excluding carboxylic acids is 1. The van der Waals surface area contributed by atoms with Crippen LogP contribution in [0.3, 0.4) is 0 Å². The number of para-hydroxylation sites is 1. The Labute approximate surface area is 105 Å². The smallest absolute Gasteiger partial charge is 0.339 e. The van der Waals surface area contributed by atoms with Crippen molar-refractivity contribution in [3.63, 3.8) is 0 Å². The summed E-state index contributed by atoms with van der Waals surface area (Å²) in [5.41, 5.74) is 4.83. The molecule has 0 saturated carbocycles. The maximum Gasteiger partial charge on any atom is 0.339 e. The first-order valence-corrected chi connectivity index (χ1v) is 5.32. The van der Waals surface area contributed by atoms with Crippen molar-refractivity contribution >= 4 is 11.9 Å². The molecule has 0 aliphatic rings. The highest BCUT2D eigenvalue weighted by molar-refractivity contribution is 5.91. The highest BCUT2D eigenvalue weighted by Gasteiger charge is 2.10. The van der Waals surface area contributed by atoms with Crippen LogP contribution in [-0.2, 0) is 4.79 Å². The summed E-state index contributed by atoms with van der Waals surface area (Å²) in [5.74, 6) is -1.58. The zero-order chi connectivity index (χ0) is 14.1. The van der Waals surface area contributed by atoms with Crippen LogP contribution >= 0.6 is 0 Å². The van der Waals surface area contributed by atoms with Crippen LogP contribution in [0.1, 0.15) is 30.6 Å². The standard InChI is InChI=1S/C9H8O4.C3H9NO/c1-6(10)13-8-5-3-2-4-7(8)9(11)12;1-2-3(4)5/h2-5H,1H3,(H,11,12);3,5H,2,4H2,1H3. The van der Waals surface area contributed by atoms with Gasteiger partial charge in [-0.1, -0.05) is 19.1 Å². The Kier molecular flexibility index (Phi) is 7.34. The largest absolute Gasteiger partial charge is 0.478 e. The summed E-state index contributed by atoms with van der Waals surface area (Å²) in [4.78, 5) is 21.2. The molecule has 0 amide bonds. The fourth-order valence-electron chi connectivity index (χ4n) is 0.887. The number of ether oxygens (including phenoxy) is 1. The SMILES string of the molecule is CC(=O)Oc1ccccc1C(=O)O.CCC(N)O. The van der Waals surface area contributed by atoms with E-state index < -0.39 is 18.2 Å². The lowest BCUT2D eigenvalue weighted by Gasteiger charge is -2.03. The van der Waals surface area contributed by atoms with Crippen LogP contribution in [0.25, 0.3) is 0 Å². The minimum absolute atomic E-state index is 0.0160. The first-order chi connectivity index (χ1) is 8.38. The first kappa shape index (κ1) is 16.1. The molecule has 0 bridgehead atoms. The van der Waals surface area contributed by atoms with E-state index >= 15 is 0 Å². The van der Waals surface area contributed by atoms with E-state index in [1.807, 2.05) is 6.92 Å². The van der Waals surface area contributed by atoms with Crippen molar-refractivity contribution in [1.29, 1.82) is 0 Å². The van der Waals surface area contributed by atoms with E-state index in [4.69, 9.17) is 15.9 Å². The predicted molar refractivity (Wildman–Crippen MR) is 65.2 cm³/mol. The average molecular weight is 255 g/mol. The minimum Gasteiger partial charge on any atom is -0.478 e. The quantitative estimate of drug-likeness (QED) is 0.422. The number of carboxylic acids is 1. The molecule has 18 heavy (non-hydrogen) atoms. The van der Waals surface area contributed by atoms with Gasteiger partial charge in [-0.2, -0.15) is 0 Å². The van der Waals surface area contributed by atoms with Crippen molar-refractivity contribution in [3.05, 3.63) is 29.8 Å². The van der Waals surface area contributed by atoms with Crippen LogP contribution in [0.2, 0.25) is 0 Å². The minimum atomic E-state index is -1.11. The third-order valence-corrected chi connectivity index (χ3v) is 1.79. The molecule has 0 radical (unpaired) electrons. The van der Waals surface area contributed by atoms with E-state index in [-0.39, 0.29) is 11.3 Å². The number of esters is 1. The Morgan fingerprint density at radius 3 is 2.28 bits per heavy atom. The van der Waals surface area contributed by atoms with Crippen molar-refractivity contribution < 1.29 is 24.5 Å². The van der Waals surface area contributed by atoms with E-state index in [1.54, 1.807) is 12.1 Å². The number of nitrogens with two attached hydrogens (primary N) is 1. The monoisotopic (exact) mass is 255 g/mol. The molecule has 1 unspecified atom stereocenters. The summed E-state index contributed by atoms with van der Waals surface area (Å²) in [6.07, 6.45) is 0.0231. The van der Waals surface area contributed by atoms with Crippen LogP contribution < -0.4 is 10.5 Å². The summed E-state index contributed by atoms with van der Waals surface area (Å²) < 4.78 is 4.69. The van der Waals surface area contributed by atoms with Gasteiger partial charge in [0.2, 0.25) is 0 Å². The van der Waals surface area contributed by atoms with Gasteiger partial charge in [-0.05, 0) is 18.6 Å². The van der Waals surface area contributed by atoms with Gasteiger partial charge in [-0.3, -0.25) is 4.79 Å². The number of benzene rings is 1. The predicted octanol–water partition coefficient (Wildman–Crippen LogP) is 0.984. The van der Waals surface area contributed by atoms with Crippen LogP contribution in [0.15, 0.2) is 24.3 Å². The lowest BCUT2D eigenvalue weighted by Crippen LogP contribution is -2.16. The second-order valence-electron chi connectivity index (χ2n) is 3.37. The van der Waals surface area contributed by atoms with Gasteiger partial charge in [-0.25, -0.2) is 4.79 Å². The van der Waals surface area contributed by atoms with Gasteiger partial charge >= 0.3 is 11.9 Å². The Morgan fingerprint density at radius 1 is 1.39 bits per heavy atom. The fraction of sp³-hybridized carbons (Fsp3) is 0.333. The van der Waals surface area contributed by atoms with Crippen LogP contribution in [0, 0.1) is 0 Å². The van der Waals surface area contributed by atoms with Gasteiger partial charge < -0.3 is 20.7 Å². The molecule has 1 rings (SSSR count).